The zero-order valence-electron chi connectivity index (χ0n) is 23.2. The number of phenolic OH excluding ortho intramolecular Hbond substituents is 2. The minimum absolute atomic E-state index is 0.265. The first-order valence-corrected chi connectivity index (χ1v) is 15.2. The lowest BCUT2D eigenvalue weighted by atomic mass is 9.80. The molecule has 3 nitrogen and oxygen atoms in total. The highest BCUT2D eigenvalue weighted by Crippen LogP contribution is 2.45. The van der Waals surface area contributed by atoms with E-state index in [0.717, 1.165) is 57.7 Å². The lowest BCUT2D eigenvalue weighted by molar-refractivity contribution is 0.411. The molecule has 0 spiro atoms. The van der Waals surface area contributed by atoms with Crippen LogP contribution in [-0.2, 0) is 21.6 Å². The zero-order valence-corrected chi connectivity index (χ0v) is 24.1. The minimum Gasteiger partial charge on any atom is -0.508 e. The van der Waals surface area contributed by atoms with Crippen LogP contribution in [0, 0.1) is 0 Å². The van der Waals surface area contributed by atoms with Gasteiger partial charge in [0.2, 0.25) is 0 Å². The summed E-state index contributed by atoms with van der Waals surface area (Å²) in [4.78, 5) is 1.62. The molecule has 0 aliphatic heterocycles. The molecule has 0 bridgehead atoms. The molecule has 2 aromatic rings. The van der Waals surface area contributed by atoms with E-state index in [0.29, 0.717) is 23.3 Å². The van der Waals surface area contributed by atoms with E-state index in [2.05, 4.69) is 53.7 Å². The summed E-state index contributed by atoms with van der Waals surface area (Å²) in [6.45, 7) is 12.7. The zero-order chi connectivity index (χ0) is 26.3. The van der Waals surface area contributed by atoms with Crippen LogP contribution < -0.4 is 0 Å². The van der Waals surface area contributed by atoms with Gasteiger partial charge in [0, 0.05) is 9.79 Å². The molecule has 0 radical (unpaired) electrons. The first-order chi connectivity index (χ1) is 16.9. The summed E-state index contributed by atoms with van der Waals surface area (Å²) in [6.07, 6.45) is 11.5. The van der Waals surface area contributed by atoms with E-state index in [-0.39, 0.29) is 10.8 Å². The van der Waals surface area contributed by atoms with E-state index in [9.17, 15) is 14.4 Å². The second-order valence-electron chi connectivity index (χ2n) is 13.3. The average molecular weight is 511 g/mol. The maximum absolute atomic E-state index is 14.6. The Bertz CT molecular complexity index is 1020. The lowest BCUT2D eigenvalue weighted by Gasteiger charge is -2.30. The SMILES string of the molecule is CC(C)(C)c1cc(O)c(C2CCCCC2)cc1S(=O)c1cc(C2CCCCC2)c(O)cc1C(C)(C)C. The summed E-state index contributed by atoms with van der Waals surface area (Å²) in [7, 11) is -1.43. The van der Waals surface area contributed by atoms with Crippen molar-refractivity contribution in [2.45, 2.75) is 138 Å². The number of hydrogen-bond acceptors (Lipinski definition) is 3. The second kappa shape index (κ2) is 10.5. The summed E-state index contributed by atoms with van der Waals surface area (Å²) in [5.41, 5.74) is 3.25. The number of phenols is 2. The Morgan fingerprint density at radius 3 is 1.25 bits per heavy atom. The first kappa shape index (κ1) is 27.2. The van der Waals surface area contributed by atoms with Crippen LogP contribution in [0.15, 0.2) is 34.1 Å². The van der Waals surface area contributed by atoms with Crippen molar-refractivity contribution in [2.24, 2.45) is 0 Å². The summed E-state index contributed by atoms with van der Waals surface area (Å²) in [5.74, 6) is 1.33. The molecule has 0 amide bonds. The van der Waals surface area contributed by atoms with E-state index in [4.69, 9.17) is 0 Å². The fourth-order valence-electron chi connectivity index (χ4n) is 6.25. The van der Waals surface area contributed by atoms with Crippen molar-refractivity contribution in [3.05, 3.63) is 46.5 Å². The molecule has 2 saturated carbocycles. The Balaban J connectivity index is 1.90. The van der Waals surface area contributed by atoms with Crippen molar-refractivity contribution in [3.8, 4) is 11.5 Å². The molecule has 0 heterocycles. The molecule has 0 unspecified atom stereocenters. The maximum atomic E-state index is 14.6. The van der Waals surface area contributed by atoms with Crippen molar-refractivity contribution >= 4 is 10.8 Å². The molecule has 36 heavy (non-hydrogen) atoms. The van der Waals surface area contributed by atoms with Gasteiger partial charge in [-0.15, -0.1) is 0 Å². The smallest absolute Gasteiger partial charge is 0.119 e. The largest absolute Gasteiger partial charge is 0.508 e. The van der Waals surface area contributed by atoms with Crippen LogP contribution in [0.1, 0.15) is 140 Å². The average Bonchev–Trinajstić information content (AvgIpc) is 2.83. The quantitative estimate of drug-likeness (QED) is 0.431. The van der Waals surface area contributed by atoms with Crippen molar-refractivity contribution in [1.82, 2.24) is 0 Å². The number of benzene rings is 2. The van der Waals surface area contributed by atoms with Gasteiger partial charge in [0.1, 0.15) is 11.5 Å². The van der Waals surface area contributed by atoms with Gasteiger partial charge < -0.3 is 10.2 Å². The Morgan fingerprint density at radius 2 is 0.944 bits per heavy atom. The molecular weight excluding hydrogens is 464 g/mol. The normalized spacial score (nSPS) is 18.6. The number of hydrogen-bond donors (Lipinski definition) is 2. The molecule has 0 saturated heterocycles. The van der Waals surface area contributed by atoms with Crippen LogP contribution >= 0.6 is 0 Å². The van der Waals surface area contributed by atoms with E-state index in [1.807, 2.05) is 12.1 Å². The number of rotatable bonds is 4. The molecular formula is C32H46O3S. The Labute approximate surface area is 221 Å². The van der Waals surface area contributed by atoms with Gasteiger partial charge in [-0.1, -0.05) is 80.1 Å². The molecule has 2 aliphatic carbocycles. The molecule has 2 aliphatic rings. The van der Waals surface area contributed by atoms with Crippen LogP contribution in [0.4, 0.5) is 0 Å². The highest BCUT2D eigenvalue weighted by atomic mass is 32.2. The summed E-state index contributed by atoms with van der Waals surface area (Å²) < 4.78 is 14.6. The summed E-state index contributed by atoms with van der Waals surface area (Å²) in [5, 5.41) is 22.2. The van der Waals surface area contributed by atoms with Crippen LogP contribution in [0.5, 0.6) is 11.5 Å². The first-order valence-electron chi connectivity index (χ1n) is 14.0. The molecule has 4 rings (SSSR count). The van der Waals surface area contributed by atoms with Gasteiger partial charge >= 0.3 is 0 Å². The third kappa shape index (κ3) is 5.69. The fourth-order valence-corrected chi connectivity index (χ4v) is 8.08. The third-order valence-corrected chi connectivity index (χ3v) is 9.84. The Hall–Kier alpha value is -1.81. The fraction of sp³-hybridized carbons (Fsp3) is 0.625. The van der Waals surface area contributed by atoms with Gasteiger partial charge in [0.15, 0.2) is 0 Å². The lowest BCUT2D eigenvalue weighted by Crippen LogP contribution is -2.19. The molecule has 0 atom stereocenters. The van der Waals surface area contributed by atoms with Gasteiger partial charge in [0.25, 0.3) is 0 Å². The second-order valence-corrected chi connectivity index (χ2v) is 14.7. The predicted molar refractivity (Wildman–Crippen MR) is 150 cm³/mol. The van der Waals surface area contributed by atoms with Crippen molar-refractivity contribution < 1.29 is 14.4 Å². The van der Waals surface area contributed by atoms with Gasteiger partial charge in [0.05, 0.1) is 10.8 Å². The van der Waals surface area contributed by atoms with Gasteiger partial charge in [-0.25, -0.2) is 4.21 Å². The Kier molecular flexibility index (Phi) is 7.95. The topological polar surface area (TPSA) is 57.5 Å². The van der Waals surface area contributed by atoms with Gasteiger partial charge in [-0.3, -0.25) is 0 Å². The Morgan fingerprint density at radius 1 is 0.611 bits per heavy atom. The van der Waals surface area contributed by atoms with Crippen LogP contribution in [0.2, 0.25) is 0 Å². The van der Waals surface area contributed by atoms with Crippen LogP contribution in [-0.4, -0.2) is 14.4 Å². The highest BCUT2D eigenvalue weighted by Gasteiger charge is 2.31. The molecule has 198 valence electrons. The minimum atomic E-state index is -1.43. The van der Waals surface area contributed by atoms with Crippen molar-refractivity contribution in [2.75, 3.05) is 0 Å². The van der Waals surface area contributed by atoms with Crippen molar-refractivity contribution in [3.63, 3.8) is 0 Å². The molecule has 2 N–H and O–H groups in total. The maximum Gasteiger partial charge on any atom is 0.119 e. The van der Waals surface area contributed by atoms with Crippen LogP contribution in [0.3, 0.4) is 0 Å². The summed E-state index contributed by atoms with van der Waals surface area (Å²) >= 11 is 0. The van der Waals surface area contributed by atoms with E-state index >= 15 is 0 Å². The molecule has 2 aromatic carbocycles. The predicted octanol–water partition coefficient (Wildman–Crippen LogP) is 8.95. The van der Waals surface area contributed by atoms with E-state index in [1.165, 1.54) is 38.5 Å². The van der Waals surface area contributed by atoms with E-state index in [1.54, 1.807) is 0 Å². The van der Waals surface area contributed by atoms with Gasteiger partial charge in [-0.2, -0.15) is 0 Å². The summed E-state index contributed by atoms with van der Waals surface area (Å²) in [6, 6.07) is 7.88. The molecule has 4 heteroatoms. The molecule has 0 aromatic heterocycles. The standard InChI is InChI=1S/C32H46O3S/c1-31(2,3)25-19-27(33)23(21-13-9-7-10-14-21)17-29(25)36(35)30-18-24(22-15-11-8-12-16-22)28(34)20-26(30)32(4,5)6/h17-22,33-34H,7-16H2,1-6H3. The van der Waals surface area contributed by atoms with E-state index < -0.39 is 10.8 Å². The third-order valence-electron chi connectivity index (χ3n) is 8.36. The van der Waals surface area contributed by atoms with Crippen molar-refractivity contribution in [1.29, 1.82) is 0 Å². The number of aromatic hydroxyl groups is 2. The van der Waals surface area contributed by atoms with Crippen LogP contribution in [0.25, 0.3) is 0 Å². The van der Waals surface area contributed by atoms with Gasteiger partial charge in [-0.05, 0) is 94.9 Å². The monoisotopic (exact) mass is 510 g/mol. The highest BCUT2D eigenvalue weighted by molar-refractivity contribution is 7.85. The molecule has 2 fully saturated rings.